The van der Waals surface area contributed by atoms with Gasteiger partial charge in [-0.15, -0.1) is 0 Å². The van der Waals surface area contributed by atoms with Crippen LogP contribution in [0.4, 0.5) is 0 Å². The molecule has 2 aromatic carbocycles. The second kappa shape index (κ2) is 8.75. The number of hydrazone groups is 1. The molecule has 4 aromatic rings. The number of para-hydroxylation sites is 1. The lowest BCUT2D eigenvalue weighted by atomic mass is 10.0. The monoisotopic (exact) mass is 425 g/mol. The van der Waals surface area contributed by atoms with Crippen molar-refractivity contribution in [1.29, 1.82) is 0 Å². The lowest BCUT2D eigenvalue weighted by Crippen LogP contribution is -2.18. The van der Waals surface area contributed by atoms with Gasteiger partial charge in [0, 0.05) is 28.8 Å². The maximum absolute atomic E-state index is 13.1. The van der Waals surface area contributed by atoms with Gasteiger partial charge in [-0.2, -0.15) is 10.2 Å². The Morgan fingerprint density at radius 2 is 1.84 bits per heavy atom. The van der Waals surface area contributed by atoms with E-state index in [4.69, 9.17) is 4.98 Å². The number of carbonyl (C=O) groups excluding carboxylic acids is 1. The van der Waals surface area contributed by atoms with Crippen LogP contribution >= 0.6 is 0 Å². The van der Waals surface area contributed by atoms with Crippen LogP contribution in [0.15, 0.2) is 53.6 Å². The highest BCUT2D eigenvalue weighted by Crippen LogP contribution is 2.26. The van der Waals surface area contributed by atoms with Gasteiger partial charge in [0.2, 0.25) is 0 Å². The Morgan fingerprint density at radius 3 is 2.56 bits per heavy atom. The first-order valence-electron chi connectivity index (χ1n) is 10.7. The predicted octanol–water partition coefficient (Wildman–Crippen LogP) is 5.12. The smallest absolute Gasteiger partial charge is 0.269 e. The summed E-state index contributed by atoms with van der Waals surface area (Å²) >= 11 is 0. The average Bonchev–Trinajstić information content (AvgIpc) is 3.07. The highest BCUT2D eigenvalue weighted by molar-refractivity contribution is 6.07. The van der Waals surface area contributed by atoms with Crippen molar-refractivity contribution in [2.75, 3.05) is 0 Å². The van der Waals surface area contributed by atoms with E-state index >= 15 is 0 Å². The van der Waals surface area contributed by atoms with Crippen LogP contribution in [-0.4, -0.2) is 26.9 Å². The number of nitrogens with zero attached hydrogens (tertiary/aromatic N) is 4. The third-order valence-electron chi connectivity index (χ3n) is 5.86. The zero-order valence-corrected chi connectivity index (χ0v) is 19.1. The van der Waals surface area contributed by atoms with Crippen LogP contribution < -0.4 is 5.43 Å². The molecule has 0 bridgehead atoms. The standard InChI is InChI=1S/C26H27N5O/c1-6-31-19(5)23(18(4)30-31)15-27-29-26(32)22-14-25(20-12-11-16(2)17(3)13-20)28-24-10-8-7-9-21(22)24/h7-15H,6H2,1-5H3,(H,29,32)/b27-15+. The molecule has 2 heterocycles. The molecular weight excluding hydrogens is 398 g/mol. The number of nitrogens with one attached hydrogen (secondary N) is 1. The number of carbonyl (C=O) groups is 1. The van der Waals surface area contributed by atoms with Gasteiger partial charge in [-0.1, -0.05) is 30.3 Å². The Kier molecular flexibility index (Phi) is 5.86. The van der Waals surface area contributed by atoms with E-state index in [1.165, 1.54) is 11.1 Å². The van der Waals surface area contributed by atoms with Gasteiger partial charge in [0.25, 0.3) is 5.91 Å². The van der Waals surface area contributed by atoms with E-state index in [-0.39, 0.29) is 5.91 Å². The first-order chi connectivity index (χ1) is 15.4. The molecule has 1 N–H and O–H groups in total. The molecule has 0 saturated carbocycles. The molecule has 0 fully saturated rings. The average molecular weight is 426 g/mol. The van der Waals surface area contributed by atoms with E-state index in [0.717, 1.165) is 45.7 Å². The molecule has 0 atom stereocenters. The molecule has 0 unspecified atom stereocenters. The Bertz CT molecular complexity index is 1350. The number of hydrogen-bond acceptors (Lipinski definition) is 4. The molecule has 0 aliphatic heterocycles. The maximum Gasteiger partial charge on any atom is 0.272 e. The fourth-order valence-corrected chi connectivity index (χ4v) is 3.83. The van der Waals surface area contributed by atoms with Crippen molar-refractivity contribution in [3.8, 4) is 11.3 Å². The fraction of sp³-hybridized carbons (Fsp3) is 0.231. The number of hydrogen-bond donors (Lipinski definition) is 1. The van der Waals surface area contributed by atoms with E-state index in [1.54, 1.807) is 6.21 Å². The molecule has 0 aliphatic carbocycles. The lowest BCUT2D eigenvalue weighted by Gasteiger charge is -2.10. The largest absolute Gasteiger partial charge is 0.272 e. The normalized spacial score (nSPS) is 11.4. The summed E-state index contributed by atoms with van der Waals surface area (Å²) in [5, 5.41) is 9.50. The molecule has 2 aromatic heterocycles. The minimum absolute atomic E-state index is 0.275. The first kappa shape index (κ1) is 21.4. The van der Waals surface area contributed by atoms with Crippen molar-refractivity contribution in [3.63, 3.8) is 0 Å². The van der Waals surface area contributed by atoms with Gasteiger partial charge in [-0.3, -0.25) is 9.48 Å². The molecular formula is C26H27N5O. The van der Waals surface area contributed by atoms with E-state index in [2.05, 4.69) is 41.6 Å². The van der Waals surface area contributed by atoms with Crippen molar-refractivity contribution >= 4 is 23.0 Å². The van der Waals surface area contributed by atoms with Crippen molar-refractivity contribution in [2.45, 2.75) is 41.2 Å². The molecule has 0 radical (unpaired) electrons. The van der Waals surface area contributed by atoms with E-state index in [0.29, 0.717) is 5.56 Å². The number of fused-ring (bicyclic) bond motifs is 1. The van der Waals surface area contributed by atoms with E-state index in [1.807, 2.05) is 61.9 Å². The molecule has 0 saturated heterocycles. The second-order valence-corrected chi connectivity index (χ2v) is 7.97. The van der Waals surface area contributed by atoms with Gasteiger partial charge in [-0.05, 0) is 63.9 Å². The summed E-state index contributed by atoms with van der Waals surface area (Å²) in [7, 11) is 0. The van der Waals surface area contributed by atoms with Crippen LogP contribution in [0.5, 0.6) is 0 Å². The zero-order chi connectivity index (χ0) is 22.8. The minimum atomic E-state index is -0.275. The molecule has 4 rings (SSSR count). The van der Waals surface area contributed by atoms with Crippen LogP contribution in [0.25, 0.3) is 22.2 Å². The molecule has 0 aliphatic rings. The summed E-state index contributed by atoms with van der Waals surface area (Å²) in [5.41, 5.74) is 11.0. The molecule has 6 heteroatoms. The van der Waals surface area contributed by atoms with Crippen LogP contribution in [0.3, 0.4) is 0 Å². The Labute approximate surface area is 188 Å². The number of aryl methyl sites for hydroxylation is 4. The van der Waals surface area contributed by atoms with Gasteiger partial charge in [-0.25, -0.2) is 10.4 Å². The van der Waals surface area contributed by atoms with Gasteiger partial charge >= 0.3 is 0 Å². The van der Waals surface area contributed by atoms with Gasteiger partial charge in [0.05, 0.1) is 28.7 Å². The molecule has 32 heavy (non-hydrogen) atoms. The Hall–Kier alpha value is -3.80. The minimum Gasteiger partial charge on any atom is -0.269 e. The summed E-state index contributed by atoms with van der Waals surface area (Å²) in [4.78, 5) is 17.9. The first-order valence-corrected chi connectivity index (χ1v) is 10.7. The van der Waals surface area contributed by atoms with Gasteiger partial charge in [0.1, 0.15) is 0 Å². The third kappa shape index (κ3) is 4.04. The number of rotatable bonds is 5. The van der Waals surface area contributed by atoms with Crippen LogP contribution in [-0.2, 0) is 6.54 Å². The second-order valence-electron chi connectivity index (χ2n) is 7.97. The highest BCUT2D eigenvalue weighted by atomic mass is 16.2. The summed E-state index contributed by atoms with van der Waals surface area (Å²) in [6.07, 6.45) is 1.66. The molecule has 1 amide bonds. The Balaban J connectivity index is 1.69. The highest BCUT2D eigenvalue weighted by Gasteiger charge is 2.14. The third-order valence-corrected chi connectivity index (χ3v) is 5.86. The fourth-order valence-electron chi connectivity index (χ4n) is 3.83. The number of benzene rings is 2. The van der Waals surface area contributed by atoms with Gasteiger partial charge in [0.15, 0.2) is 0 Å². The maximum atomic E-state index is 13.1. The van der Waals surface area contributed by atoms with Crippen molar-refractivity contribution in [1.82, 2.24) is 20.2 Å². The summed E-state index contributed by atoms with van der Waals surface area (Å²) in [6.45, 7) is 10.9. The number of pyridine rings is 1. The zero-order valence-electron chi connectivity index (χ0n) is 19.1. The molecule has 6 nitrogen and oxygen atoms in total. The van der Waals surface area contributed by atoms with Crippen molar-refractivity contribution < 1.29 is 4.79 Å². The van der Waals surface area contributed by atoms with E-state index in [9.17, 15) is 4.79 Å². The lowest BCUT2D eigenvalue weighted by molar-refractivity contribution is 0.0956. The van der Waals surface area contributed by atoms with E-state index < -0.39 is 0 Å². The van der Waals surface area contributed by atoms with Crippen molar-refractivity contribution in [2.24, 2.45) is 5.10 Å². The van der Waals surface area contributed by atoms with Crippen LogP contribution in [0.1, 0.15) is 45.4 Å². The molecule has 162 valence electrons. The van der Waals surface area contributed by atoms with Crippen LogP contribution in [0, 0.1) is 27.7 Å². The number of amides is 1. The van der Waals surface area contributed by atoms with Crippen LogP contribution in [0.2, 0.25) is 0 Å². The summed E-state index contributed by atoms with van der Waals surface area (Å²) in [6, 6.07) is 15.7. The topological polar surface area (TPSA) is 72.2 Å². The SMILES string of the molecule is CCn1nc(C)c(/C=N/NC(=O)c2cc(-c3ccc(C)c(C)c3)nc3ccccc23)c1C. The predicted molar refractivity (Wildman–Crippen MR) is 129 cm³/mol. The summed E-state index contributed by atoms with van der Waals surface area (Å²) < 4.78 is 1.92. The van der Waals surface area contributed by atoms with Gasteiger partial charge < -0.3 is 0 Å². The number of aromatic nitrogens is 3. The quantitative estimate of drug-likeness (QED) is 0.356. The Morgan fingerprint density at radius 1 is 1.06 bits per heavy atom. The summed E-state index contributed by atoms with van der Waals surface area (Å²) in [5.74, 6) is -0.275. The molecule has 0 spiro atoms. The van der Waals surface area contributed by atoms with Crippen molar-refractivity contribution in [3.05, 3.63) is 82.2 Å².